The normalized spacial score (nSPS) is 19.1. The van der Waals surface area contributed by atoms with Gasteiger partial charge in [0.05, 0.1) is 48.1 Å². The van der Waals surface area contributed by atoms with Crippen LogP contribution < -0.4 is 31.9 Å². The van der Waals surface area contributed by atoms with E-state index in [4.69, 9.17) is 39.6 Å². The SMILES string of the molecule is CNC(=O)C[C@@H]1NC(=O)c2csc(n2)-c2ccc(-c3nc(NC(=O)C4CCC(C(=O)O)CC4)cs3)nc2-c2csc(n2)-c2csc(n2)[C@H]([C@@H](O)c2ccccc2)NC(=O)CNC(=O)c2nc(sc2COC)[C@@H](C(C)C)NC(=O)c2nc1sc2C. The Hall–Kier alpha value is -7.64. The van der Waals surface area contributed by atoms with Gasteiger partial charge in [0.2, 0.25) is 17.7 Å². The molecule has 2 aliphatic rings. The number of anilines is 1. The molecular weight excluding hydrogens is 1200 g/mol. The number of aromatic nitrogens is 7. The molecule has 10 bridgehead atoms. The molecule has 0 saturated heterocycles. The topological polar surface area (TPSA) is 332 Å². The Morgan fingerprint density at radius 3 is 2.11 bits per heavy atom. The minimum absolute atomic E-state index is 0.000649. The van der Waals surface area contributed by atoms with Gasteiger partial charge in [0.1, 0.15) is 82.2 Å². The summed E-state index contributed by atoms with van der Waals surface area (Å²) in [7, 11) is 2.94. The first kappa shape index (κ1) is 59.5. The molecule has 10 rings (SSSR count). The Bertz CT molecular complexity index is 3770. The van der Waals surface area contributed by atoms with Crippen LogP contribution >= 0.6 is 68.0 Å². The molecule has 1 saturated carbocycles. The van der Waals surface area contributed by atoms with Gasteiger partial charge in [0, 0.05) is 52.0 Å². The van der Waals surface area contributed by atoms with Crippen LogP contribution in [-0.4, -0.2) is 107 Å². The molecule has 29 heteroatoms. The third-order valence-corrected chi connectivity index (χ3v) is 19.7. The molecule has 436 valence electrons. The number of pyridine rings is 1. The number of ether oxygens (including phenoxy) is 1. The highest BCUT2D eigenvalue weighted by molar-refractivity contribution is 7.15. The Kier molecular flexibility index (Phi) is 18.5. The average Bonchev–Trinajstić information content (AvgIpc) is 3.76. The summed E-state index contributed by atoms with van der Waals surface area (Å²) in [6, 6.07) is 9.50. The van der Waals surface area contributed by atoms with Gasteiger partial charge < -0.3 is 46.9 Å². The lowest BCUT2D eigenvalue weighted by atomic mass is 9.81. The first-order valence-corrected chi connectivity index (χ1v) is 31.6. The summed E-state index contributed by atoms with van der Waals surface area (Å²) in [5.74, 6) is -4.74. The molecular formula is C55H55N13O10S6. The van der Waals surface area contributed by atoms with Crippen molar-refractivity contribution in [3.05, 3.63) is 111 Å². The van der Waals surface area contributed by atoms with Crippen LogP contribution in [0.1, 0.15) is 132 Å². The summed E-state index contributed by atoms with van der Waals surface area (Å²) in [4.78, 5) is 129. The third-order valence-electron chi connectivity index (χ3n) is 13.9. The van der Waals surface area contributed by atoms with Crippen molar-refractivity contribution in [2.45, 2.75) is 83.7 Å². The van der Waals surface area contributed by atoms with Crippen molar-refractivity contribution in [3.8, 4) is 43.4 Å². The zero-order valence-corrected chi connectivity index (χ0v) is 50.5. The minimum Gasteiger partial charge on any atom is -0.481 e. The molecule has 23 nitrogen and oxygen atoms in total. The number of hydrogen-bond acceptors (Lipinski definition) is 22. The van der Waals surface area contributed by atoms with Crippen LogP contribution in [0.25, 0.3) is 43.4 Å². The summed E-state index contributed by atoms with van der Waals surface area (Å²) in [5, 5.41) is 47.6. The van der Waals surface area contributed by atoms with E-state index in [0.717, 1.165) is 11.3 Å². The van der Waals surface area contributed by atoms with E-state index in [-0.39, 0.29) is 52.9 Å². The number of aliphatic hydroxyl groups is 1. The molecule has 8 heterocycles. The Morgan fingerprint density at radius 1 is 0.679 bits per heavy atom. The minimum atomic E-state index is -1.28. The number of carbonyl (C=O) groups excluding carboxylic acids is 6. The lowest BCUT2D eigenvalue weighted by Gasteiger charge is -2.24. The molecule has 8 N–H and O–H groups in total. The summed E-state index contributed by atoms with van der Waals surface area (Å²) >= 11 is 7.19. The fourth-order valence-corrected chi connectivity index (χ4v) is 15.0. The predicted molar refractivity (Wildman–Crippen MR) is 319 cm³/mol. The number of aliphatic carboxylic acids is 1. The molecule has 6 amide bonds. The van der Waals surface area contributed by atoms with Gasteiger partial charge >= 0.3 is 5.97 Å². The fourth-order valence-electron chi connectivity index (χ4n) is 9.47. The van der Waals surface area contributed by atoms with E-state index in [9.17, 15) is 43.8 Å². The van der Waals surface area contributed by atoms with Crippen LogP contribution in [0.5, 0.6) is 0 Å². The predicted octanol–water partition coefficient (Wildman–Crippen LogP) is 8.14. The van der Waals surface area contributed by atoms with Crippen molar-refractivity contribution in [2.24, 2.45) is 17.8 Å². The largest absolute Gasteiger partial charge is 0.481 e. The Labute approximate surface area is 504 Å². The maximum Gasteiger partial charge on any atom is 0.306 e. The molecule has 1 aliphatic heterocycles. The molecule has 1 aromatic carbocycles. The highest BCUT2D eigenvalue weighted by atomic mass is 32.1. The number of aryl methyl sites for hydroxylation is 1. The maximum atomic E-state index is 14.3. The van der Waals surface area contributed by atoms with Gasteiger partial charge in [-0.2, -0.15) is 0 Å². The van der Waals surface area contributed by atoms with E-state index in [2.05, 4.69) is 31.9 Å². The second-order valence-corrected chi connectivity index (χ2v) is 25.9. The van der Waals surface area contributed by atoms with Gasteiger partial charge in [-0.3, -0.25) is 33.6 Å². The number of carboxylic acids is 1. The molecule has 0 unspecified atom stereocenters. The Balaban J connectivity index is 1.03. The summed E-state index contributed by atoms with van der Waals surface area (Å²) in [6.45, 7) is 4.96. The number of aliphatic hydroxyl groups excluding tert-OH is 1. The molecule has 8 aromatic rings. The number of carboxylic acid groups (broad SMARTS) is 1. The number of methoxy groups -OCH3 is 1. The second-order valence-electron chi connectivity index (χ2n) is 20.0. The summed E-state index contributed by atoms with van der Waals surface area (Å²) < 4.78 is 5.45. The number of carbonyl (C=O) groups is 7. The van der Waals surface area contributed by atoms with E-state index in [1.165, 1.54) is 70.8 Å². The van der Waals surface area contributed by atoms with E-state index in [1.54, 1.807) is 70.9 Å². The van der Waals surface area contributed by atoms with E-state index in [1.807, 2.05) is 13.8 Å². The number of benzene rings is 1. The van der Waals surface area contributed by atoms with Gasteiger partial charge in [-0.25, -0.2) is 34.9 Å². The quantitative estimate of drug-likeness (QED) is 0.0605. The van der Waals surface area contributed by atoms with Crippen molar-refractivity contribution in [1.82, 2.24) is 61.5 Å². The number of fused-ring (bicyclic) bond motifs is 14. The summed E-state index contributed by atoms with van der Waals surface area (Å²) in [6.07, 6.45) is 0.232. The first-order valence-electron chi connectivity index (χ1n) is 26.4. The van der Waals surface area contributed by atoms with Crippen LogP contribution in [0.2, 0.25) is 0 Å². The van der Waals surface area contributed by atoms with Crippen molar-refractivity contribution in [1.29, 1.82) is 0 Å². The molecule has 0 radical (unpaired) electrons. The lowest BCUT2D eigenvalue weighted by Crippen LogP contribution is -2.40. The zero-order valence-electron chi connectivity index (χ0n) is 45.6. The van der Waals surface area contributed by atoms with Crippen molar-refractivity contribution in [2.75, 3.05) is 26.0 Å². The number of rotatable bonds is 11. The monoisotopic (exact) mass is 1250 g/mol. The number of amides is 6. The van der Waals surface area contributed by atoms with Crippen LogP contribution in [0.3, 0.4) is 0 Å². The molecule has 84 heavy (non-hydrogen) atoms. The third kappa shape index (κ3) is 13.3. The highest BCUT2D eigenvalue weighted by Gasteiger charge is 2.34. The Morgan fingerprint density at radius 2 is 1.37 bits per heavy atom. The van der Waals surface area contributed by atoms with Gasteiger partial charge in [-0.1, -0.05) is 44.2 Å². The number of thiazole rings is 6. The van der Waals surface area contributed by atoms with E-state index < -0.39 is 72.2 Å². The molecule has 7 aromatic heterocycles. The fraction of sp³-hybridized carbons (Fsp3) is 0.345. The smallest absolute Gasteiger partial charge is 0.306 e. The van der Waals surface area contributed by atoms with Crippen LogP contribution in [0.4, 0.5) is 5.82 Å². The lowest BCUT2D eigenvalue weighted by molar-refractivity contribution is -0.143. The maximum absolute atomic E-state index is 14.3. The van der Waals surface area contributed by atoms with Crippen LogP contribution in [0.15, 0.2) is 64.0 Å². The van der Waals surface area contributed by atoms with E-state index in [0.29, 0.717) is 100 Å². The van der Waals surface area contributed by atoms with E-state index >= 15 is 0 Å². The van der Waals surface area contributed by atoms with Crippen molar-refractivity contribution < 1.29 is 48.5 Å². The number of hydrogen-bond donors (Lipinski definition) is 8. The van der Waals surface area contributed by atoms with Gasteiger partial charge in [0.15, 0.2) is 0 Å². The van der Waals surface area contributed by atoms with Gasteiger partial charge in [0.25, 0.3) is 17.7 Å². The van der Waals surface area contributed by atoms with Gasteiger partial charge in [-0.05, 0) is 56.2 Å². The zero-order chi connectivity index (χ0) is 59.3. The number of nitrogens with one attached hydrogen (secondary N) is 6. The first-order chi connectivity index (χ1) is 40.4. The molecule has 1 fully saturated rings. The summed E-state index contributed by atoms with van der Waals surface area (Å²) in [5.41, 5.74) is 2.71. The van der Waals surface area contributed by atoms with Crippen molar-refractivity contribution in [3.63, 3.8) is 0 Å². The highest BCUT2D eigenvalue weighted by Crippen LogP contribution is 2.40. The average molecular weight is 1250 g/mol. The van der Waals surface area contributed by atoms with Gasteiger partial charge in [-0.15, -0.1) is 68.0 Å². The van der Waals surface area contributed by atoms with Crippen LogP contribution in [0, 0.1) is 24.7 Å². The number of nitrogens with zero attached hydrogens (tertiary/aromatic N) is 7. The standard InChI is InChI=1S/C55H55N13O10S6/c1-24(2)39-54-68-42(35(84-54)19-78-5)47(74)57-18-38(70)65-43(44(71)26-9-7-6-8-10-26)53-62-34(22-81-53)51-60-32(20-80-51)41-29(15-16-30(58-41)50-64-36(23-82-50)63-45(72)27-11-13-28(14-12-27)55(76)77)49-61-33(21-79-49)46(73)59-31(17-37(69)56-4)52-67-40(25(3)83-52)48(75)66-39/h6-10,15-16,20-24,27-28,31,39,43-44,71H,11-14,17-19H2,1-5H3,(H,56,69)(H,57,74)(H,59,73)(H,63,72)(H,65,70)(H,66,75)(H,76,77)/t27?,28?,31-,39+,43-,44-/m0/s1. The molecule has 1 aliphatic carbocycles. The van der Waals surface area contributed by atoms with Crippen molar-refractivity contribution >= 4 is 115 Å². The van der Waals surface area contributed by atoms with Crippen LogP contribution in [-0.2, 0) is 30.5 Å². The second kappa shape index (κ2) is 26.1. The molecule has 0 spiro atoms. The molecule has 4 atom stereocenters.